The fraction of sp³-hybridized carbons (Fsp3) is 1.00. The normalized spacial score (nSPS) is 32.5. The lowest BCUT2D eigenvalue weighted by molar-refractivity contribution is 0.129. The fourth-order valence-electron chi connectivity index (χ4n) is 1.95. The van der Waals surface area contributed by atoms with Crippen molar-refractivity contribution in [1.82, 2.24) is 0 Å². The first kappa shape index (κ1) is 9.97. The van der Waals surface area contributed by atoms with Crippen LogP contribution in [0.3, 0.4) is 0 Å². The summed E-state index contributed by atoms with van der Waals surface area (Å²) in [4.78, 5) is 0. The predicted molar refractivity (Wildman–Crippen MR) is 48.0 cm³/mol. The highest BCUT2D eigenvalue weighted by molar-refractivity contribution is 4.67. The van der Waals surface area contributed by atoms with Crippen molar-refractivity contribution in [3.05, 3.63) is 0 Å². The minimum Gasteiger partial charge on any atom is -0.384 e. The molecule has 0 atom stereocenters. The van der Waals surface area contributed by atoms with Crippen LogP contribution in [0.4, 0.5) is 4.39 Å². The molecule has 0 aliphatic heterocycles. The Bertz CT molecular complexity index is 106. The molecule has 0 saturated heterocycles. The molecule has 1 rings (SSSR count). The second-order valence-electron chi connectivity index (χ2n) is 3.78. The molecule has 0 spiro atoms. The molecule has 0 aromatic heterocycles. The molecule has 1 fully saturated rings. The van der Waals surface area contributed by atoms with Crippen molar-refractivity contribution in [3.8, 4) is 0 Å². The average molecular weight is 174 g/mol. The maximum absolute atomic E-state index is 12.9. The highest BCUT2D eigenvalue weighted by Crippen LogP contribution is 2.23. The van der Waals surface area contributed by atoms with Gasteiger partial charge in [0, 0.05) is 13.7 Å². The number of halogens is 1. The quantitative estimate of drug-likeness (QED) is 0.625. The third-order valence-electron chi connectivity index (χ3n) is 2.66. The van der Waals surface area contributed by atoms with Crippen LogP contribution in [0.25, 0.3) is 0 Å². The number of rotatable bonds is 2. The van der Waals surface area contributed by atoms with E-state index in [1.165, 1.54) is 0 Å². The molecule has 1 nitrogen and oxygen atoms in total. The second kappa shape index (κ2) is 5.52. The Hall–Kier alpha value is -0.110. The highest BCUT2D eigenvalue weighted by atomic mass is 19.1. The zero-order valence-corrected chi connectivity index (χ0v) is 7.89. The molecule has 1 aliphatic carbocycles. The summed E-state index contributed by atoms with van der Waals surface area (Å²) in [6.45, 7) is 0.858. The number of hydrogen-bond donors (Lipinski definition) is 0. The fourth-order valence-corrected chi connectivity index (χ4v) is 1.95. The monoisotopic (exact) mass is 174 g/mol. The highest BCUT2D eigenvalue weighted by Gasteiger charge is 2.15. The van der Waals surface area contributed by atoms with Gasteiger partial charge in [0.15, 0.2) is 0 Å². The summed E-state index contributed by atoms with van der Waals surface area (Å²) < 4.78 is 18.0. The molecule has 0 aromatic rings. The SMILES string of the molecule is COCC1CCCC(F)CCC1. The van der Waals surface area contributed by atoms with Crippen molar-refractivity contribution in [2.45, 2.75) is 44.7 Å². The summed E-state index contributed by atoms with van der Waals surface area (Å²) in [6.07, 6.45) is 5.36. The van der Waals surface area contributed by atoms with Crippen LogP contribution in [-0.4, -0.2) is 19.9 Å². The minimum atomic E-state index is -0.534. The minimum absolute atomic E-state index is 0.534. The van der Waals surface area contributed by atoms with E-state index in [2.05, 4.69) is 0 Å². The Kier molecular flexibility index (Phi) is 4.59. The van der Waals surface area contributed by atoms with Gasteiger partial charge in [-0.1, -0.05) is 12.8 Å². The van der Waals surface area contributed by atoms with Gasteiger partial charge in [0.25, 0.3) is 0 Å². The van der Waals surface area contributed by atoms with Gasteiger partial charge in [0.05, 0.1) is 0 Å². The van der Waals surface area contributed by atoms with E-state index in [9.17, 15) is 4.39 Å². The maximum atomic E-state index is 12.9. The third-order valence-corrected chi connectivity index (χ3v) is 2.66. The molecular formula is C10H19FO. The molecule has 0 N–H and O–H groups in total. The van der Waals surface area contributed by atoms with Gasteiger partial charge < -0.3 is 4.74 Å². The summed E-state index contributed by atoms with van der Waals surface area (Å²) in [5, 5.41) is 0. The van der Waals surface area contributed by atoms with Crippen molar-refractivity contribution >= 4 is 0 Å². The Balaban J connectivity index is 2.20. The molecule has 0 heterocycles. The summed E-state index contributed by atoms with van der Waals surface area (Å²) in [5.41, 5.74) is 0. The van der Waals surface area contributed by atoms with Crippen LogP contribution in [0, 0.1) is 5.92 Å². The predicted octanol–water partition coefficient (Wildman–Crippen LogP) is 2.94. The summed E-state index contributed by atoms with van der Waals surface area (Å²) in [6, 6.07) is 0. The van der Waals surface area contributed by atoms with Crippen LogP contribution in [0.2, 0.25) is 0 Å². The van der Waals surface area contributed by atoms with E-state index in [1.54, 1.807) is 7.11 Å². The van der Waals surface area contributed by atoms with E-state index in [-0.39, 0.29) is 0 Å². The van der Waals surface area contributed by atoms with E-state index < -0.39 is 6.17 Å². The standard InChI is InChI=1S/C10H19FO/c1-12-8-9-4-2-6-10(11)7-3-5-9/h9-10H,2-8H2,1H3. The Morgan fingerprint density at radius 1 is 1.17 bits per heavy atom. The molecule has 1 aliphatic rings. The third kappa shape index (κ3) is 3.53. The smallest absolute Gasteiger partial charge is 0.100 e. The second-order valence-corrected chi connectivity index (χ2v) is 3.78. The van der Waals surface area contributed by atoms with Crippen LogP contribution >= 0.6 is 0 Å². The van der Waals surface area contributed by atoms with Crippen molar-refractivity contribution in [1.29, 1.82) is 0 Å². The first-order valence-electron chi connectivity index (χ1n) is 4.96. The largest absolute Gasteiger partial charge is 0.384 e. The molecule has 12 heavy (non-hydrogen) atoms. The van der Waals surface area contributed by atoms with E-state index >= 15 is 0 Å². The van der Waals surface area contributed by atoms with Crippen LogP contribution in [-0.2, 0) is 4.74 Å². The molecule has 1 saturated carbocycles. The van der Waals surface area contributed by atoms with Crippen molar-refractivity contribution < 1.29 is 9.13 Å². The molecule has 0 radical (unpaired) electrons. The van der Waals surface area contributed by atoms with Crippen molar-refractivity contribution in [2.75, 3.05) is 13.7 Å². The Morgan fingerprint density at radius 3 is 2.25 bits per heavy atom. The molecule has 0 bridgehead atoms. The first-order chi connectivity index (χ1) is 5.83. The zero-order chi connectivity index (χ0) is 8.81. The van der Waals surface area contributed by atoms with Crippen molar-refractivity contribution in [2.24, 2.45) is 5.92 Å². The maximum Gasteiger partial charge on any atom is 0.100 e. The average Bonchev–Trinajstić information content (AvgIpc) is 2.00. The van der Waals surface area contributed by atoms with Gasteiger partial charge in [-0.25, -0.2) is 4.39 Å². The number of methoxy groups -OCH3 is 1. The number of hydrogen-bond acceptors (Lipinski definition) is 1. The lowest BCUT2D eigenvalue weighted by Crippen LogP contribution is -2.13. The van der Waals surface area contributed by atoms with Gasteiger partial charge in [-0.3, -0.25) is 0 Å². The molecule has 0 amide bonds. The van der Waals surface area contributed by atoms with Gasteiger partial charge in [0.1, 0.15) is 6.17 Å². The first-order valence-corrected chi connectivity index (χ1v) is 4.96. The number of ether oxygens (including phenoxy) is 1. The molecular weight excluding hydrogens is 155 g/mol. The zero-order valence-electron chi connectivity index (χ0n) is 7.89. The van der Waals surface area contributed by atoms with Crippen LogP contribution < -0.4 is 0 Å². The van der Waals surface area contributed by atoms with Gasteiger partial charge >= 0.3 is 0 Å². The van der Waals surface area contributed by atoms with Crippen LogP contribution in [0.1, 0.15) is 38.5 Å². The molecule has 0 unspecified atom stereocenters. The van der Waals surface area contributed by atoms with Crippen LogP contribution in [0.15, 0.2) is 0 Å². The van der Waals surface area contributed by atoms with Crippen LogP contribution in [0.5, 0.6) is 0 Å². The van der Waals surface area contributed by atoms with E-state index in [4.69, 9.17) is 4.74 Å². The summed E-state index contributed by atoms with van der Waals surface area (Å²) in [7, 11) is 1.75. The summed E-state index contributed by atoms with van der Waals surface area (Å²) >= 11 is 0. The van der Waals surface area contributed by atoms with Gasteiger partial charge in [0.2, 0.25) is 0 Å². The van der Waals surface area contributed by atoms with Gasteiger partial charge in [-0.2, -0.15) is 0 Å². The molecule has 0 aromatic carbocycles. The molecule has 2 heteroatoms. The van der Waals surface area contributed by atoms with Crippen molar-refractivity contribution in [3.63, 3.8) is 0 Å². The Morgan fingerprint density at radius 2 is 1.75 bits per heavy atom. The molecule has 72 valence electrons. The number of alkyl halides is 1. The van der Waals surface area contributed by atoms with Gasteiger partial charge in [-0.05, 0) is 31.6 Å². The topological polar surface area (TPSA) is 9.23 Å². The summed E-state index contributed by atoms with van der Waals surface area (Å²) in [5.74, 6) is 0.683. The lowest BCUT2D eigenvalue weighted by Gasteiger charge is -2.20. The van der Waals surface area contributed by atoms with E-state index in [1.807, 2.05) is 0 Å². The lowest BCUT2D eigenvalue weighted by atomic mass is 9.91. The van der Waals surface area contributed by atoms with E-state index in [0.29, 0.717) is 5.92 Å². The van der Waals surface area contributed by atoms with Gasteiger partial charge in [-0.15, -0.1) is 0 Å². The Labute approximate surface area is 74.3 Å². The van der Waals surface area contributed by atoms with E-state index in [0.717, 1.165) is 45.1 Å².